The van der Waals surface area contributed by atoms with Gasteiger partial charge in [0.15, 0.2) is 11.9 Å². The van der Waals surface area contributed by atoms with Crippen LogP contribution in [-0.4, -0.2) is 11.9 Å². The summed E-state index contributed by atoms with van der Waals surface area (Å²) < 4.78 is 5.42. The van der Waals surface area contributed by atoms with Crippen LogP contribution in [0.3, 0.4) is 0 Å². The molecule has 1 aromatic carbocycles. The molecule has 1 aliphatic rings. The zero-order valence-electron chi connectivity index (χ0n) is 7.41. The SMILES string of the molecule is CCC1Oc2c(N)cccc2C1=O. The summed E-state index contributed by atoms with van der Waals surface area (Å²) in [5.41, 5.74) is 6.83. The molecule has 1 heterocycles. The minimum absolute atomic E-state index is 0.0461. The van der Waals surface area contributed by atoms with Crippen LogP contribution >= 0.6 is 0 Å². The first-order chi connectivity index (χ1) is 6.24. The number of anilines is 1. The number of Topliss-reactive ketones (excluding diaryl/α,β-unsaturated/α-hetero) is 1. The molecule has 0 spiro atoms. The molecule has 1 aliphatic heterocycles. The molecule has 68 valence electrons. The van der Waals surface area contributed by atoms with E-state index >= 15 is 0 Å². The lowest BCUT2D eigenvalue weighted by Gasteiger charge is -2.05. The predicted octanol–water partition coefficient (Wildman–Crippen LogP) is 1.62. The summed E-state index contributed by atoms with van der Waals surface area (Å²) in [6, 6.07) is 5.27. The highest BCUT2D eigenvalue weighted by Crippen LogP contribution is 2.34. The van der Waals surface area contributed by atoms with Crippen LogP contribution in [0.1, 0.15) is 23.7 Å². The molecule has 0 saturated carbocycles. The van der Waals surface area contributed by atoms with Gasteiger partial charge >= 0.3 is 0 Å². The monoisotopic (exact) mass is 177 g/mol. The number of carbonyl (C=O) groups is 1. The van der Waals surface area contributed by atoms with Gasteiger partial charge in [0.05, 0.1) is 11.3 Å². The minimum atomic E-state index is -0.334. The van der Waals surface area contributed by atoms with Gasteiger partial charge < -0.3 is 10.5 Å². The van der Waals surface area contributed by atoms with Crippen molar-refractivity contribution in [3.63, 3.8) is 0 Å². The molecule has 1 aromatic rings. The molecule has 13 heavy (non-hydrogen) atoms. The Labute approximate surface area is 76.5 Å². The van der Waals surface area contributed by atoms with E-state index in [1.807, 2.05) is 6.92 Å². The first kappa shape index (κ1) is 8.10. The van der Waals surface area contributed by atoms with E-state index in [-0.39, 0.29) is 11.9 Å². The largest absolute Gasteiger partial charge is 0.479 e. The van der Waals surface area contributed by atoms with Crippen molar-refractivity contribution in [2.75, 3.05) is 5.73 Å². The molecule has 3 nitrogen and oxygen atoms in total. The van der Waals surface area contributed by atoms with Crippen LogP contribution in [-0.2, 0) is 0 Å². The first-order valence-corrected chi connectivity index (χ1v) is 4.33. The van der Waals surface area contributed by atoms with E-state index < -0.39 is 0 Å². The molecule has 0 radical (unpaired) electrons. The maximum atomic E-state index is 11.6. The van der Waals surface area contributed by atoms with Crippen LogP contribution < -0.4 is 10.5 Å². The molecule has 2 rings (SSSR count). The molecule has 1 unspecified atom stereocenters. The number of benzene rings is 1. The van der Waals surface area contributed by atoms with Crippen LogP contribution in [0.4, 0.5) is 5.69 Å². The van der Waals surface area contributed by atoms with Gasteiger partial charge in [-0.1, -0.05) is 13.0 Å². The summed E-state index contributed by atoms with van der Waals surface area (Å²) in [5, 5.41) is 0. The number of hydrogen-bond donors (Lipinski definition) is 1. The average Bonchev–Trinajstić information content (AvgIpc) is 2.45. The van der Waals surface area contributed by atoms with Gasteiger partial charge in [0.25, 0.3) is 0 Å². The van der Waals surface area contributed by atoms with Crippen molar-refractivity contribution in [3.05, 3.63) is 23.8 Å². The number of hydrogen-bond acceptors (Lipinski definition) is 3. The van der Waals surface area contributed by atoms with Crippen molar-refractivity contribution < 1.29 is 9.53 Å². The second-order valence-electron chi connectivity index (χ2n) is 3.10. The van der Waals surface area contributed by atoms with Crippen molar-refractivity contribution in [3.8, 4) is 5.75 Å². The highest BCUT2D eigenvalue weighted by atomic mass is 16.5. The van der Waals surface area contributed by atoms with E-state index in [0.29, 0.717) is 23.4 Å². The van der Waals surface area contributed by atoms with Crippen LogP contribution in [0.2, 0.25) is 0 Å². The van der Waals surface area contributed by atoms with Gasteiger partial charge in [-0.05, 0) is 18.6 Å². The average molecular weight is 177 g/mol. The smallest absolute Gasteiger partial charge is 0.207 e. The van der Waals surface area contributed by atoms with Gasteiger partial charge in [0.1, 0.15) is 0 Å². The van der Waals surface area contributed by atoms with Gasteiger partial charge in [-0.15, -0.1) is 0 Å². The summed E-state index contributed by atoms with van der Waals surface area (Å²) in [7, 11) is 0. The molecule has 0 aromatic heterocycles. The second-order valence-corrected chi connectivity index (χ2v) is 3.10. The van der Waals surface area contributed by atoms with Gasteiger partial charge in [0, 0.05) is 0 Å². The third-order valence-corrected chi connectivity index (χ3v) is 2.23. The highest BCUT2D eigenvalue weighted by molar-refractivity contribution is 6.06. The van der Waals surface area contributed by atoms with E-state index in [2.05, 4.69) is 0 Å². The molecule has 2 N–H and O–H groups in total. The fraction of sp³-hybridized carbons (Fsp3) is 0.300. The molecule has 3 heteroatoms. The van der Waals surface area contributed by atoms with E-state index in [1.54, 1.807) is 18.2 Å². The number of nitrogen functional groups attached to an aromatic ring is 1. The Morgan fingerprint density at radius 1 is 1.54 bits per heavy atom. The van der Waals surface area contributed by atoms with Crippen LogP contribution in [0, 0.1) is 0 Å². The van der Waals surface area contributed by atoms with Crippen LogP contribution in [0.15, 0.2) is 18.2 Å². The Morgan fingerprint density at radius 3 is 2.92 bits per heavy atom. The van der Waals surface area contributed by atoms with Gasteiger partial charge in [0.2, 0.25) is 5.78 Å². The van der Waals surface area contributed by atoms with Gasteiger partial charge in [-0.2, -0.15) is 0 Å². The van der Waals surface area contributed by atoms with Crippen molar-refractivity contribution in [1.29, 1.82) is 0 Å². The molecule has 0 aliphatic carbocycles. The van der Waals surface area contributed by atoms with E-state index in [1.165, 1.54) is 0 Å². The summed E-state index contributed by atoms with van der Waals surface area (Å²) in [5.74, 6) is 0.601. The Bertz CT molecular complexity index is 360. The lowest BCUT2D eigenvalue weighted by atomic mass is 10.1. The van der Waals surface area contributed by atoms with E-state index in [9.17, 15) is 4.79 Å². The predicted molar refractivity (Wildman–Crippen MR) is 49.9 cm³/mol. The van der Waals surface area contributed by atoms with Crippen LogP contribution in [0.5, 0.6) is 5.75 Å². The second kappa shape index (κ2) is 2.76. The quantitative estimate of drug-likeness (QED) is 0.663. The Hall–Kier alpha value is -1.51. The van der Waals surface area contributed by atoms with Crippen molar-refractivity contribution >= 4 is 11.5 Å². The zero-order valence-corrected chi connectivity index (χ0v) is 7.41. The number of para-hydroxylation sites is 1. The van der Waals surface area contributed by atoms with E-state index in [4.69, 9.17) is 10.5 Å². The standard InChI is InChI=1S/C10H11NO2/c1-2-8-9(12)6-4-3-5-7(11)10(6)13-8/h3-5,8H,2,11H2,1H3. The number of ketones is 1. The van der Waals surface area contributed by atoms with Crippen molar-refractivity contribution in [1.82, 2.24) is 0 Å². The number of nitrogens with two attached hydrogens (primary N) is 1. The normalized spacial score (nSPS) is 19.8. The fourth-order valence-electron chi connectivity index (χ4n) is 1.52. The Morgan fingerprint density at radius 2 is 2.31 bits per heavy atom. The summed E-state index contributed by atoms with van der Waals surface area (Å²) in [6.45, 7) is 1.92. The lowest BCUT2D eigenvalue weighted by molar-refractivity contribution is 0.0853. The molecule has 0 fully saturated rings. The zero-order chi connectivity index (χ0) is 9.42. The third-order valence-electron chi connectivity index (χ3n) is 2.23. The number of rotatable bonds is 1. The molecular weight excluding hydrogens is 166 g/mol. The number of carbonyl (C=O) groups excluding carboxylic acids is 1. The fourth-order valence-corrected chi connectivity index (χ4v) is 1.52. The lowest BCUT2D eigenvalue weighted by Crippen LogP contribution is -2.18. The molecule has 0 amide bonds. The topological polar surface area (TPSA) is 52.3 Å². The maximum Gasteiger partial charge on any atom is 0.207 e. The Kier molecular flexibility index (Phi) is 1.72. The van der Waals surface area contributed by atoms with Gasteiger partial charge in [-0.25, -0.2) is 0 Å². The molecular formula is C10H11NO2. The van der Waals surface area contributed by atoms with Crippen LogP contribution in [0.25, 0.3) is 0 Å². The highest BCUT2D eigenvalue weighted by Gasteiger charge is 2.31. The maximum absolute atomic E-state index is 11.6. The minimum Gasteiger partial charge on any atom is -0.479 e. The molecule has 0 saturated heterocycles. The molecule has 1 atom stereocenters. The number of fused-ring (bicyclic) bond motifs is 1. The Balaban J connectivity index is 2.49. The van der Waals surface area contributed by atoms with E-state index in [0.717, 1.165) is 0 Å². The summed E-state index contributed by atoms with van der Waals surface area (Å²) in [6.07, 6.45) is 0.354. The molecule has 0 bridgehead atoms. The summed E-state index contributed by atoms with van der Waals surface area (Å²) in [4.78, 5) is 11.6. The first-order valence-electron chi connectivity index (χ1n) is 4.33. The van der Waals surface area contributed by atoms with Gasteiger partial charge in [-0.3, -0.25) is 4.79 Å². The summed E-state index contributed by atoms with van der Waals surface area (Å²) >= 11 is 0. The number of ether oxygens (including phenoxy) is 1. The third kappa shape index (κ3) is 1.08. The van der Waals surface area contributed by atoms with Crippen molar-refractivity contribution in [2.24, 2.45) is 0 Å². The van der Waals surface area contributed by atoms with Crippen molar-refractivity contribution in [2.45, 2.75) is 19.4 Å².